The van der Waals surface area contributed by atoms with Crippen molar-refractivity contribution < 1.29 is 23.4 Å². The first-order chi connectivity index (χ1) is 16.5. The Morgan fingerprint density at radius 1 is 1.15 bits per heavy atom. The highest BCUT2D eigenvalue weighted by Gasteiger charge is 2.19. The number of furan rings is 1. The Bertz CT molecular complexity index is 1260. The second-order valence-electron chi connectivity index (χ2n) is 7.21. The average molecular weight is 483 g/mol. The minimum Gasteiger partial charge on any atom is -0.484 e. The van der Waals surface area contributed by atoms with Crippen LogP contribution in [0, 0.1) is 10.1 Å². The number of hydrogen-bond acceptors (Lipinski definition) is 8. The van der Waals surface area contributed by atoms with E-state index in [0.717, 1.165) is 0 Å². The molecule has 0 unspecified atom stereocenters. The van der Waals surface area contributed by atoms with E-state index in [0.29, 0.717) is 22.1 Å². The Hall–Kier alpha value is -4.18. The lowest BCUT2D eigenvalue weighted by molar-refractivity contribution is -0.384. The molecule has 4 aromatic rings. The Labute approximate surface area is 198 Å². The molecular weight excluding hydrogens is 464 g/mol. The van der Waals surface area contributed by atoms with Crippen LogP contribution in [-0.2, 0) is 17.8 Å². The van der Waals surface area contributed by atoms with Gasteiger partial charge in [0.1, 0.15) is 11.5 Å². The first-order valence-corrected chi connectivity index (χ1v) is 10.6. The molecule has 34 heavy (non-hydrogen) atoms. The zero-order valence-electron chi connectivity index (χ0n) is 17.8. The molecule has 10 nitrogen and oxygen atoms in total. The van der Waals surface area contributed by atoms with Crippen LogP contribution in [0.15, 0.2) is 75.9 Å². The molecule has 174 valence electrons. The maximum absolute atomic E-state index is 12.9. The Balaban J connectivity index is 1.41. The maximum atomic E-state index is 12.9. The summed E-state index contributed by atoms with van der Waals surface area (Å²) in [6.45, 7) is 0.326. The minimum absolute atomic E-state index is 0.0697. The van der Waals surface area contributed by atoms with E-state index in [1.807, 2.05) is 0 Å². The molecule has 2 heterocycles. The summed E-state index contributed by atoms with van der Waals surface area (Å²) in [6, 6.07) is 16.2. The maximum Gasteiger partial charge on any atom is 0.270 e. The van der Waals surface area contributed by atoms with Crippen molar-refractivity contribution in [1.29, 1.82) is 0 Å². The molecule has 4 rings (SSSR count). The molecule has 2 aromatic heterocycles. The number of ether oxygens (including phenoxy) is 1. The largest absolute Gasteiger partial charge is 0.484 e. The minimum atomic E-state index is -0.491. The van der Waals surface area contributed by atoms with Gasteiger partial charge in [-0.2, -0.15) is 4.98 Å². The summed E-state index contributed by atoms with van der Waals surface area (Å²) in [5.41, 5.74) is 0.392. The van der Waals surface area contributed by atoms with Gasteiger partial charge in [0.15, 0.2) is 6.61 Å². The first kappa shape index (κ1) is 23.0. The summed E-state index contributed by atoms with van der Waals surface area (Å²) in [4.78, 5) is 29.2. The Kier molecular flexibility index (Phi) is 7.19. The molecule has 0 radical (unpaired) electrons. The third-order valence-corrected chi connectivity index (χ3v) is 5.09. The fourth-order valence-electron chi connectivity index (χ4n) is 3.11. The van der Waals surface area contributed by atoms with E-state index >= 15 is 0 Å². The number of carbonyl (C=O) groups excluding carboxylic acids is 1. The third kappa shape index (κ3) is 5.99. The number of nitro benzene ring substituents is 1. The van der Waals surface area contributed by atoms with Crippen molar-refractivity contribution in [3.05, 3.63) is 93.7 Å². The highest BCUT2D eigenvalue weighted by molar-refractivity contribution is 6.30. The standard InChI is InChI=1S/C23H19ClN4O6/c24-17-6-8-19(9-7-17)33-15-22(29)27(14-20-5-2-12-32-20)11-10-21-25-23(26-34-21)16-3-1-4-18(13-16)28(30)31/h1-9,12-13H,10-11,14-15H2. The topological polar surface area (TPSA) is 125 Å². The molecule has 0 aliphatic carbocycles. The Morgan fingerprint density at radius 2 is 1.97 bits per heavy atom. The van der Waals surface area contributed by atoms with Gasteiger partial charge in [0.25, 0.3) is 11.6 Å². The average Bonchev–Trinajstić information content (AvgIpc) is 3.53. The van der Waals surface area contributed by atoms with E-state index in [1.54, 1.807) is 53.4 Å². The third-order valence-electron chi connectivity index (χ3n) is 4.83. The van der Waals surface area contributed by atoms with Crippen molar-refractivity contribution in [2.24, 2.45) is 0 Å². The van der Waals surface area contributed by atoms with E-state index in [4.69, 9.17) is 25.3 Å². The molecule has 0 bridgehead atoms. The number of nitro groups is 1. The van der Waals surface area contributed by atoms with Crippen molar-refractivity contribution in [2.45, 2.75) is 13.0 Å². The summed E-state index contributed by atoms with van der Waals surface area (Å²) in [5, 5.41) is 15.5. The van der Waals surface area contributed by atoms with Gasteiger partial charge in [-0.05, 0) is 36.4 Å². The van der Waals surface area contributed by atoms with Crippen LogP contribution in [-0.4, -0.2) is 39.0 Å². The van der Waals surface area contributed by atoms with Crippen LogP contribution < -0.4 is 4.74 Å². The van der Waals surface area contributed by atoms with Crippen LogP contribution in [0.2, 0.25) is 5.02 Å². The molecule has 0 saturated carbocycles. The lowest BCUT2D eigenvalue weighted by Crippen LogP contribution is -2.36. The summed E-state index contributed by atoms with van der Waals surface area (Å²) in [7, 11) is 0. The molecule has 11 heteroatoms. The van der Waals surface area contributed by atoms with E-state index in [9.17, 15) is 14.9 Å². The van der Waals surface area contributed by atoms with Crippen LogP contribution >= 0.6 is 11.6 Å². The van der Waals surface area contributed by atoms with Gasteiger partial charge in [0, 0.05) is 35.7 Å². The number of amides is 1. The van der Waals surface area contributed by atoms with Gasteiger partial charge in [-0.3, -0.25) is 14.9 Å². The predicted octanol–water partition coefficient (Wildman–Crippen LogP) is 4.54. The van der Waals surface area contributed by atoms with Gasteiger partial charge < -0.3 is 18.6 Å². The van der Waals surface area contributed by atoms with Gasteiger partial charge >= 0.3 is 0 Å². The molecule has 1 amide bonds. The van der Waals surface area contributed by atoms with E-state index < -0.39 is 4.92 Å². The van der Waals surface area contributed by atoms with Crippen LogP contribution in [0.25, 0.3) is 11.4 Å². The second kappa shape index (κ2) is 10.6. The van der Waals surface area contributed by atoms with E-state index in [2.05, 4.69) is 10.1 Å². The number of nitrogens with zero attached hydrogens (tertiary/aromatic N) is 4. The van der Waals surface area contributed by atoms with Crippen molar-refractivity contribution in [3.8, 4) is 17.1 Å². The van der Waals surface area contributed by atoms with Crippen molar-refractivity contribution in [1.82, 2.24) is 15.0 Å². The van der Waals surface area contributed by atoms with Crippen molar-refractivity contribution in [3.63, 3.8) is 0 Å². The first-order valence-electron chi connectivity index (χ1n) is 10.2. The predicted molar refractivity (Wildman–Crippen MR) is 121 cm³/mol. The molecule has 0 aliphatic rings. The highest BCUT2D eigenvalue weighted by atomic mass is 35.5. The molecule has 0 N–H and O–H groups in total. The summed E-state index contributed by atoms with van der Waals surface area (Å²) >= 11 is 5.88. The number of hydrogen-bond donors (Lipinski definition) is 0. The molecule has 0 spiro atoms. The van der Waals surface area contributed by atoms with Gasteiger partial charge in [0.05, 0.1) is 17.7 Å². The van der Waals surface area contributed by atoms with Crippen molar-refractivity contribution in [2.75, 3.05) is 13.2 Å². The fourth-order valence-corrected chi connectivity index (χ4v) is 3.24. The molecule has 0 fully saturated rings. The molecule has 0 saturated heterocycles. The lowest BCUT2D eigenvalue weighted by atomic mass is 10.2. The van der Waals surface area contributed by atoms with E-state index in [1.165, 1.54) is 18.4 Å². The van der Waals surface area contributed by atoms with E-state index in [-0.39, 0.29) is 49.4 Å². The molecular formula is C23H19ClN4O6. The van der Waals surface area contributed by atoms with Crippen LogP contribution in [0.4, 0.5) is 5.69 Å². The lowest BCUT2D eigenvalue weighted by Gasteiger charge is -2.21. The smallest absolute Gasteiger partial charge is 0.270 e. The Morgan fingerprint density at radius 3 is 2.71 bits per heavy atom. The number of non-ortho nitro benzene ring substituents is 1. The van der Waals surface area contributed by atoms with Gasteiger partial charge in [0.2, 0.25) is 11.7 Å². The molecule has 2 aromatic carbocycles. The van der Waals surface area contributed by atoms with Gasteiger partial charge in [-0.25, -0.2) is 0 Å². The van der Waals surface area contributed by atoms with Gasteiger partial charge in [-0.15, -0.1) is 0 Å². The fraction of sp³-hybridized carbons (Fsp3) is 0.174. The number of benzene rings is 2. The summed E-state index contributed by atoms with van der Waals surface area (Å²) < 4.78 is 16.2. The quantitative estimate of drug-likeness (QED) is 0.238. The number of carbonyl (C=O) groups is 1. The molecule has 0 aliphatic heterocycles. The highest BCUT2D eigenvalue weighted by Crippen LogP contribution is 2.22. The van der Waals surface area contributed by atoms with Crippen LogP contribution in [0.3, 0.4) is 0 Å². The number of rotatable bonds is 10. The SMILES string of the molecule is O=C(COc1ccc(Cl)cc1)N(CCc1nc(-c2cccc([N+](=O)[O-])c2)no1)Cc1ccco1. The van der Waals surface area contributed by atoms with Crippen LogP contribution in [0.1, 0.15) is 11.7 Å². The van der Waals surface area contributed by atoms with Crippen LogP contribution in [0.5, 0.6) is 5.75 Å². The number of halogens is 1. The van der Waals surface area contributed by atoms with Gasteiger partial charge in [-0.1, -0.05) is 28.9 Å². The number of aromatic nitrogens is 2. The zero-order valence-corrected chi connectivity index (χ0v) is 18.6. The summed E-state index contributed by atoms with van der Waals surface area (Å²) in [5.74, 6) is 1.40. The zero-order chi connectivity index (χ0) is 23.9. The van der Waals surface area contributed by atoms with Crippen molar-refractivity contribution >= 4 is 23.2 Å². The summed E-state index contributed by atoms with van der Waals surface area (Å²) in [6.07, 6.45) is 1.81. The second-order valence-corrected chi connectivity index (χ2v) is 7.64. The molecule has 0 atom stereocenters. The monoisotopic (exact) mass is 482 g/mol. The normalized spacial score (nSPS) is 10.7.